The number of amides is 1. The lowest BCUT2D eigenvalue weighted by Gasteiger charge is -2.30. The fraction of sp³-hybridized carbons (Fsp3) is 0.500. The van der Waals surface area contributed by atoms with Gasteiger partial charge in [-0.1, -0.05) is 0 Å². The predicted octanol–water partition coefficient (Wildman–Crippen LogP) is 1.98. The average molecular weight is 355 g/mol. The highest BCUT2D eigenvalue weighted by atomic mass is 19.4. The summed E-state index contributed by atoms with van der Waals surface area (Å²) in [5.41, 5.74) is 1.83. The Morgan fingerprint density at radius 3 is 2.50 bits per heavy atom. The number of carbonyl (C=O) groups excluding carboxylic acids is 1. The minimum absolute atomic E-state index is 0.418. The van der Waals surface area contributed by atoms with Crippen LogP contribution in [0.25, 0.3) is 0 Å². The fourth-order valence-electron chi connectivity index (χ4n) is 2.59. The van der Waals surface area contributed by atoms with Crippen LogP contribution in [0, 0.1) is 11.6 Å². The van der Waals surface area contributed by atoms with Gasteiger partial charge in [-0.3, -0.25) is 4.79 Å². The number of primary amides is 1. The van der Waals surface area contributed by atoms with Crippen molar-refractivity contribution in [3.63, 3.8) is 0 Å². The fourth-order valence-corrected chi connectivity index (χ4v) is 2.59. The van der Waals surface area contributed by atoms with Crippen molar-refractivity contribution < 1.29 is 37.6 Å². The van der Waals surface area contributed by atoms with Gasteiger partial charge < -0.3 is 20.1 Å². The molecule has 2 N–H and O–H groups in total. The summed E-state index contributed by atoms with van der Waals surface area (Å²) in [5, 5.41) is 0. The van der Waals surface area contributed by atoms with E-state index in [2.05, 4.69) is 4.74 Å². The Morgan fingerprint density at radius 2 is 2.04 bits per heavy atom. The third-order valence-corrected chi connectivity index (χ3v) is 3.91. The number of rotatable bonds is 4. The van der Waals surface area contributed by atoms with Crippen molar-refractivity contribution >= 4 is 11.6 Å². The van der Waals surface area contributed by atoms with Crippen molar-refractivity contribution in [2.45, 2.75) is 24.2 Å². The Hall–Kier alpha value is -2.10. The first-order valence-corrected chi connectivity index (χ1v) is 6.65. The summed E-state index contributed by atoms with van der Waals surface area (Å²) in [5.74, 6) is -4.91. The van der Waals surface area contributed by atoms with E-state index in [-0.39, 0.29) is 0 Å². The number of methoxy groups -OCH3 is 2. The second-order valence-electron chi connectivity index (χ2n) is 5.18. The van der Waals surface area contributed by atoms with E-state index in [1.807, 2.05) is 0 Å². The molecule has 1 saturated heterocycles. The number of anilines is 1. The molecule has 10 heteroatoms. The van der Waals surface area contributed by atoms with Crippen LogP contribution in [0.2, 0.25) is 0 Å². The van der Waals surface area contributed by atoms with Crippen molar-refractivity contribution in [2.24, 2.45) is 5.73 Å². The van der Waals surface area contributed by atoms with Crippen LogP contribution in [0.1, 0.15) is 7.79 Å². The Labute approximate surface area is 135 Å². The SMILES string of the molecule is [2H]C1(C(N)=O)CC(OC)(C(F)(F)F)CN1c1ccc(F)c(F)c1OC. The molecule has 2 atom stereocenters. The molecule has 1 aromatic carbocycles. The van der Waals surface area contributed by atoms with Crippen LogP contribution in [-0.4, -0.2) is 44.5 Å². The van der Waals surface area contributed by atoms with E-state index in [1.54, 1.807) is 0 Å². The van der Waals surface area contributed by atoms with Crippen LogP contribution >= 0.6 is 0 Å². The second kappa shape index (κ2) is 6.08. The molecule has 0 radical (unpaired) electrons. The maximum Gasteiger partial charge on any atom is 0.419 e. The highest BCUT2D eigenvalue weighted by Crippen LogP contribution is 2.46. The first-order valence-electron chi connectivity index (χ1n) is 7.15. The van der Waals surface area contributed by atoms with Crippen molar-refractivity contribution in [1.82, 2.24) is 0 Å². The molecule has 0 aliphatic carbocycles. The molecule has 1 aliphatic rings. The van der Waals surface area contributed by atoms with Crippen LogP contribution in [0.4, 0.5) is 27.6 Å². The quantitative estimate of drug-likeness (QED) is 0.839. The minimum Gasteiger partial charge on any atom is -0.491 e. The Morgan fingerprint density at radius 1 is 1.42 bits per heavy atom. The van der Waals surface area contributed by atoms with Crippen LogP contribution in [0.3, 0.4) is 0 Å². The van der Waals surface area contributed by atoms with Crippen molar-refractivity contribution in [1.29, 1.82) is 0 Å². The molecule has 2 rings (SSSR count). The minimum atomic E-state index is -4.94. The largest absolute Gasteiger partial charge is 0.491 e. The van der Waals surface area contributed by atoms with E-state index in [1.165, 1.54) is 0 Å². The normalized spacial score (nSPS) is 28.0. The monoisotopic (exact) mass is 355 g/mol. The van der Waals surface area contributed by atoms with E-state index in [0.717, 1.165) is 20.3 Å². The topological polar surface area (TPSA) is 64.8 Å². The lowest BCUT2D eigenvalue weighted by atomic mass is 9.99. The maximum absolute atomic E-state index is 13.9. The third kappa shape index (κ3) is 2.74. The van der Waals surface area contributed by atoms with E-state index < -0.39 is 59.7 Å². The summed E-state index contributed by atoms with van der Waals surface area (Å²) in [6.45, 7) is -1.03. The Kier molecular flexibility index (Phi) is 4.24. The van der Waals surface area contributed by atoms with Gasteiger partial charge >= 0.3 is 6.18 Å². The summed E-state index contributed by atoms with van der Waals surface area (Å²) in [6.07, 6.45) is -6.08. The van der Waals surface area contributed by atoms with Gasteiger partial charge in [-0.2, -0.15) is 17.6 Å². The smallest absolute Gasteiger partial charge is 0.419 e. The first kappa shape index (κ1) is 16.7. The molecule has 1 aromatic rings. The molecular weight excluding hydrogens is 339 g/mol. The third-order valence-electron chi connectivity index (χ3n) is 3.91. The van der Waals surface area contributed by atoms with Gasteiger partial charge in [-0.15, -0.1) is 0 Å². The standard InChI is InChI=1S/C14H15F5N2O3/c1-23-11-8(4-3-7(15)10(11)16)21-6-13(24-2,14(17,18)19)5-9(21)12(20)22/h3-4,9H,5-6H2,1-2H3,(H2,20,22)/i9D. The van der Waals surface area contributed by atoms with E-state index >= 15 is 0 Å². The van der Waals surface area contributed by atoms with E-state index in [9.17, 15) is 26.7 Å². The molecule has 1 heterocycles. The number of halogens is 5. The number of hydrogen-bond donors (Lipinski definition) is 1. The van der Waals surface area contributed by atoms with Gasteiger partial charge in [0.1, 0.15) is 6.02 Å². The number of hydrogen-bond acceptors (Lipinski definition) is 4. The van der Waals surface area contributed by atoms with E-state index in [4.69, 9.17) is 11.8 Å². The molecule has 1 amide bonds. The van der Waals surface area contributed by atoms with Gasteiger partial charge in [-0.05, 0) is 12.1 Å². The van der Waals surface area contributed by atoms with Crippen molar-refractivity contribution in [3.8, 4) is 5.75 Å². The average Bonchev–Trinajstić information content (AvgIpc) is 2.85. The Balaban J connectivity index is 2.67. The number of ether oxygens (including phenoxy) is 2. The molecular formula is C14H15F5N2O3. The van der Waals surface area contributed by atoms with Crippen molar-refractivity contribution in [3.05, 3.63) is 23.8 Å². The second-order valence-corrected chi connectivity index (χ2v) is 5.18. The van der Waals surface area contributed by atoms with Crippen LogP contribution in [0.5, 0.6) is 5.75 Å². The van der Waals surface area contributed by atoms with Gasteiger partial charge in [0.25, 0.3) is 0 Å². The first-order chi connectivity index (χ1) is 11.4. The number of nitrogens with two attached hydrogens (primary N) is 1. The molecule has 134 valence electrons. The number of benzene rings is 1. The highest BCUT2D eigenvalue weighted by Gasteiger charge is 2.63. The molecule has 0 aromatic heterocycles. The molecule has 5 nitrogen and oxygen atoms in total. The summed E-state index contributed by atoms with van der Waals surface area (Å²) >= 11 is 0. The van der Waals surface area contributed by atoms with Gasteiger partial charge in [0, 0.05) is 13.5 Å². The van der Waals surface area contributed by atoms with Crippen molar-refractivity contribution in [2.75, 3.05) is 25.7 Å². The summed E-state index contributed by atoms with van der Waals surface area (Å²) < 4.78 is 85.2. The van der Waals surface area contributed by atoms with Crippen LogP contribution in [0.15, 0.2) is 12.1 Å². The molecule has 0 bridgehead atoms. The highest BCUT2D eigenvalue weighted by molar-refractivity contribution is 5.85. The number of nitrogens with zero attached hydrogens (tertiary/aromatic N) is 1. The molecule has 0 saturated carbocycles. The van der Waals surface area contributed by atoms with Gasteiger partial charge in [0.15, 0.2) is 17.2 Å². The zero-order chi connectivity index (χ0) is 19.2. The van der Waals surface area contributed by atoms with Gasteiger partial charge in [-0.25, -0.2) is 4.39 Å². The summed E-state index contributed by atoms with van der Waals surface area (Å²) in [6, 6.07) is -1.05. The Bertz CT molecular complexity index is 702. The van der Waals surface area contributed by atoms with Gasteiger partial charge in [0.05, 0.1) is 20.7 Å². The van der Waals surface area contributed by atoms with E-state index in [0.29, 0.717) is 11.0 Å². The van der Waals surface area contributed by atoms with Crippen LogP contribution < -0.4 is 15.4 Å². The maximum atomic E-state index is 13.9. The van der Waals surface area contributed by atoms with Gasteiger partial charge in [0.2, 0.25) is 11.7 Å². The zero-order valence-corrected chi connectivity index (χ0v) is 12.7. The summed E-state index contributed by atoms with van der Waals surface area (Å²) in [4.78, 5) is 12.4. The number of alkyl halides is 3. The lowest BCUT2D eigenvalue weighted by Crippen LogP contribution is -2.49. The lowest BCUT2D eigenvalue weighted by molar-refractivity contribution is -0.261. The zero-order valence-electron chi connectivity index (χ0n) is 13.7. The predicted molar refractivity (Wildman–Crippen MR) is 73.7 cm³/mol. The molecule has 1 fully saturated rings. The molecule has 24 heavy (non-hydrogen) atoms. The molecule has 2 unspecified atom stereocenters. The summed E-state index contributed by atoms with van der Waals surface area (Å²) in [7, 11) is 1.75. The van der Waals surface area contributed by atoms with Crippen LogP contribution in [-0.2, 0) is 9.53 Å². The molecule has 1 aliphatic heterocycles. The molecule has 0 spiro atoms. The number of carbonyl (C=O) groups is 1.